The van der Waals surface area contributed by atoms with Crippen molar-refractivity contribution in [3.8, 4) is 0 Å². The van der Waals surface area contributed by atoms with E-state index in [1.54, 1.807) is 0 Å². The molecule has 0 saturated heterocycles. The Bertz CT molecular complexity index is 633. The van der Waals surface area contributed by atoms with Crippen LogP contribution in [0.5, 0.6) is 0 Å². The monoisotopic (exact) mass is 833 g/mol. The summed E-state index contributed by atoms with van der Waals surface area (Å²) >= 11 is 0. The van der Waals surface area contributed by atoms with Gasteiger partial charge in [0.1, 0.15) is 0 Å². The molecule has 0 rings (SSSR count). The number of hydrogen-bond donors (Lipinski definition) is 1. The van der Waals surface area contributed by atoms with Crippen molar-refractivity contribution in [2.75, 3.05) is 32.8 Å². The number of aliphatic hydroxyl groups excluding tert-OH is 1. The largest absolute Gasteiger partial charge is 0.396 e. The van der Waals surface area contributed by atoms with Crippen molar-refractivity contribution >= 4 is 0 Å². The predicted octanol–water partition coefficient (Wildman–Crippen LogP) is 20.0. The summed E-state index contributed by atoms with van der Waals surface area (Å²) in [7, 11) is 0. The molecule has 0 saturated carbocycles. The quantitative estimate of drug-likeness (QED) is 0.0478. The second-order valence-electron chi connectivity index (χ2n) is 20.2. The zero-order valence-electron chi connectivity index (χ0n) is 42.1. The highest BCUT2D eigenvalue weighted by Gasteiger charge is 2.25. The van der Waals surface area contributed by atoms with Crippen LogP contribution in [0.25, 0.3) is 0 Å². The van der Waals surface area contributed by atoms with E-state index in [1.807, 2.05) is 0 Å². The van der Waals surface area contributed by atoms with Crippen LogP contribution in [0.15, 0.2) is 0 Å². The maximum atomic E-state index is 9.96. The fourth-order valence-electron chi connectivity index (χ4n) is 10.1. The molecule has 0 heterocycles. The molecule has 0 radical (unpaired) electrons. The molecule has 0 aromatic heterocycles. The fraction of sp³-hybridized carbons (Fsp3) is 1.00. The minimum Gasteiger partial charge on any atom is -0.396 e. The standard InChI is InChI=1S/C57H118NO/c1-4-7-10-13-16-19-22-25-28-31-34-37-40-43-46-49-53-58(56-52-57-59,54-50-47-44-41-38-35-32-29-26-23-20-17-14-11-8-5-2)55-51-48-45-42-39-36-33-30-27-24-21-18-15-12-9-6-3/h59H,4-57H2,1-3H3/q+1. The second-order valence-corrected chi connectivity index (χ2v) is 20.2. The third kappa shape index (κ3) is 47.2. The normalized spacial score (nSPS) is 12.0. The molecular formula is C57H118NO+. The van der Waals surface area contributed by atoms with Crippen LogP contribution in [-0.2, 0) is 0 Å². The highest BCUT2D eigenvalue weighted by atomic mass is 16.3. The number of unbranched alkanes of at least 4 members (excludes halogenated alkanes) is 45. The van der Waals surface area contributed by atoms with E-state index in [4.69, 9.17) is 0 Å². The zero-order chi connectivity index (χ0) is 42.7. The van der Waals surface area contributed by atoms with Crippen molar-refractivity contribution in [1.82, 2.24) is 0 Å². The molecule has 0 aromatic carbocycles. The van der Waals surface area contributed by atoms with Crippen LogP contribution in [0.2, 0.25) is 0 Å². The van der Waals surface area contributed by atoms with E-state index in [0.29, 0.717) is 6.61 Å². The van der Waals surface area contributed by atoms with Crippen LogP contribution in [0.4, 0.5) is 0 Å². The minimum atomic E-state index is 0.372. The predicted molar refractivity (Wildman–Crippen MR) is 270 cm³/mol. The summed E-state index contributed by atoms with van der Waals surface area (Å²) in [4.78, 5) is 0. The van der Waals surface area contributed by atoms with Crippen molar-refractivity contribution in [2.45, 2.75) is 335 Å². The Morgan fingerprint density at radius 2 is 0.322 bits per heavy atom. The van der Waals surface area contributed by atoms with Crippen molar-refractivity contribution in [2.24, 2.45) is 0 Å². The Hall–Kier alpha value is -0.0800. The molecule has 0 spiro atoms. The first-order valence-electron chi connectivity index (χ1n) is 28.7. The van der Waals surface area contributed by atoms with Gasteiger partial charge in [0.15, 0.2) is 0 Å². The lowest BCUT2D eigenvalue weighted by Crippen LogP contribution is -2.51. The van der Waals surface area contributed by atoms with Gasteiger partial charge in [-0.15, -0.1) is 0 Å². The summed E-state index contributed by atoms with van der Waals surface area (Å²) in [6.45, 7) is 12.6. The van der Waals surface area contributed by atoms with Gasteiger partial charge in [0.25, 0.3) is 0 Å². The summed E-state index contributed by atoms with van der Waals surface area (Å²) in [5.41, 5.74) is 0. The molecule has 0 bridgehead atoms. The van der Waals surface area contributed by atoms with Crippen molar-refractivity contribution < 1.29 is 9.59 Å². The molecule has 2 nitrogen and oxygen atoms in total. The van der Waals surface area contributed by atoms with E-state index in [1.165, 1.54) is 339 Å². The van der Waals surface area contributed by atoms with Crippen molar-refractivity contribution in [3.05, 3.63) is 0 Å². The molecule has 0 aliphatic carbocycles. The van der Waals surface area contributed by atoms with Crippen LogP contribution in [0.1, 0.15) is 335 Å². The first-order chi connectivity index (χ1) is 29.2. The van der Waals surface area contributed by atoms with Gasteiger partial charge in [0.05, 0.1) is 26.2 Å². The Balaban J connectivity index is 4.40. The molecule has 0 aliphatic heterocycles. The summed E-state index contributed by atoms with van der Waals surface area (Å²) in [5, 5.41) is 9.96. The fourth-order valence-corrected chi connectivity index (χ4v) is 10.1. The van der Waals surface area contributed by atoms with Crippen LogP contribution >= 0.6 is 0 Å². The average molecular weight is 834 g/mol. The number of hydrogen-bond acceptors (Lipinski definition) is 1. The molecule has 59 heavy (non-hydrogen) atoms. The van der Waals surface area contributed by atoms with E-state index in [2.05, 4.69) is 20.8 Å². The second kappa shape index (κ2) is 52.3. The molecule has 1 N–H and O–H groups in total. The Labute approximate surface area is 376 Å². The van der Waals surface area contributed by atoms with Crippen LogP contribution in [0.3, 0.4) is 0 Å². The first kappa shape index (κ1) is 58.9. The SMILES string of the molecule is CCCCCCCCCCCCCCCCCC[N+](CCCO)(CCCCCCCCCCCCCCCCCC)CCCCCCCCCCCCCCCCCC. The van der Waals surface area contributed by atoms with Crippen LogP contribution < -0.4 is 0 Å². The Morgan fingerprint density at radius 3 is 0.475 bits per heavy atom. The van der Waals surface area contributed by atoms with Gasteiger partial charge in [-0.3, -0.25) is 0 Å². The highest BCUT2D eigenvalue weighted by Crippen LogP contribution is 2.21. The molecular weight excluding hydrogens is 715 g/mol. The lowest BCUT2D eigenvalue weighted by molar-refractivity contribution is -0.929. The molecule has 356 valence electrons. The molecule has 0 atom stereocenters. The molecule has 0 amide bonds. The van der Waals surface area contributed by atoms with E-state index in [0.717, 1.165) is 6.42 Å². The van der Waals surface area contributed by atoms with E-state index < -0.39 is 0 Å². The van der Waals surface area contributed by atoms with Gasteiger partial charge in [-0.2, -0.15) is 0 Å². The average Bonchev–Trinajstić information content (AvgIpc) is 3.25. The molecule has 0 fully saturated rings. The Morgan fingerprint density at radius 1 is 0.186 bits per heavy atom. The van der Waals surface area contributed by atoms with Gasteiger partial charge in [-0.25, -0.2) is 0 Å². The van der Waals surface area contributed by atoms with Gasteiger partial charge < -0.3 is 9.59 Å². The number of nitrogens with zero attached hydrogens (tertiary/aromatic N) is 1. The van der Waals surface area contributed by atoms with Gasteiger partial charge in [0.2, 0.25) is 0 Å². The maximum absolute atomic E-state index is 9.96. The third-order valence-electron chi connectivity index (χ3n) is 14.2. The van der Waals surface area contributed by atoms with Crippen molar-refractivity contribution in [3.63, 3.8) is 0 Å². The lowest BCUT2D eigenvalue weighted by atomic mass is 10.0. The lowest BCUT2D eigenvalue weighted by Gasteiger charge is -2.39. The first-order valence-corrected chi connectivity index (χ1v) is 28.7. The molecule has 0 aliphatic rings. The number of quaternary nitrogens is 1. The molecule has 2 heteroatoms. The van der Waals surface area contributed by atoms with E-state index in [-0.39, 0.29) is 0 Å². The summed E-state index contributed by atoms with van der Waals surface area (Å²) < 4.78 is 1.32. The molecule has 0 aromatic rings. The Kier molecular flexibility index (Phi) is 52.2. The van der Waals surface area contributed by atoms with Gasteiger partial charge in [-0.05, 0) is 38.5 Å². The van der Waals surface area contributed by atoms with E-state index in [9.17, 15) is 5.11 Å². The third-order valence-corrected chi connectivity index (χ3v) is 14.2. The zero-order valence-corrected chi connectivity index (χ0v) is 42.1. The minimum absolute atomic E-state index is 0.372. The summed E-state index contributed by atoms with van der Waals surface area (Å²) in [6.07, 6.45) is 70.6. The van der Waals surface area contributed by atoms with Crippen LogP contribution in [0, 0.1) is 0 Å². The summed E-state index contributed by atoms with van der Waals surface area (Å²) in [5.74, 6) is 0. The summed E-state index contributed by atoms with van der Waals surface area (Å²) in [6, 6.07) is 0. The van der Waals surface area contributed by atoms with E-state index >= 15 is 0 Å². The molecule has 0 unspecified atom stereocenters. The van der Waals surface area contributed by atoms with Crippen LogP contribution in [-0.4, -0.2) is 42.4 Å². The van der Waals surface area contributed by atoms with Gasteiger partial charge in [-0.1, -0.05) is 290 Å². The van der Waals surface area contributed by atoms with Crippen molar-refractivity contribution in [1.29, 1.82) is 0 Å². The van der Waals surface area contributed by atoms with Gasteiger partial charge >= 0.3 is 0 Å². The smallest absolute Gasteiger partial charge is 0.0808 e. The highest BCUT2D eigenvalue weighted by molar-refractivity contribution is 4.57. The topological polar surface area (TPSA) is 20.2 Å². The number of rotatable bonds is 54. The maximum Gasteiger partial charge on any atom is 0.0808 e. The number of aliphatic hydroxyl groups is 1. The van der Waals surface area contributed by atoms with Gasteiger partial charge in [0, 0.05) is 13.0 Å².